The Kier molecular flexibility index (Phi) is 5.91. The molecule has 2 aliphatic rings. The van der Waals surface area contributed by atoms with Gasteiger partial charge in [0.2, 0.25) is 5.91 Å². The van der Waals surface area contributed by atoms with E-state index in [-0.39, 0.29) is 29.4 Å². The fourth-order valence-corrected chi connectivity index (χ4v) is 6.20. The zero-order valence-electron chi connectivity index (χ0n) is 18.3. The van der Waals surface area contributed by atoms with E-state index in [1.807, 2.05) is 28.9 Å². The average Bonchev–Trinajstić information content (AvgIpc) is 3.39. The Balaban J connectivity index is 1.31. The third-order valence-corrected chi connectivity index (χ3v) is 8.12. The molecule has 10 heteroatoms. The van der Waals surface area contributed by atoms with Gasteiger partial charge in [-0.2, -0.15) is 5.10 Å². The molecule has 34 heavy (non-hydrogen) atoms. The highest BCUT2D eigenvalue weighted by Gasteiger charge is 2.29. The lowest BCUT2D eigenvalue weighted by atomic mass is 10.1. The van der Waals surface area contributed by atoms with Gasteiger partial charge in [-0.25, -0.2) is 13.1 Å². The summed E-state index contributed by atoms with van der Waals surface area (Å²) in [5.74, 6) is 0.520. The maximum absolute atomic E-state index is 12.7. The Hall–Kier alpha value is -3.17. The summed E-state index contributed by atoms with van der Waals surface area (Å²) in [7, 11) is -3.06. The van der Waals surface area contributed by atoms with E-state index >= 15 is 0 Å². The van der Waals surface area contributed by atoms with E-state index in [2.05, 4.69) is 10.4 Å². The smallest absolute Gasteiger partial charge is 0.251 e. The molecule has 176 valence electrons. The number of carbonyl (C=O) groups is 2. The molecule has 5 rings (SSSR count). The van der Waals surface area contributed by atoms with Crippen LogP contribution in [0, 0.1) is 0 Å². The number of carbonyl (C=O) groups excluding carboxylic acids is 2. The maximum atomic E-state index is 12.7. The van der Waals surface area contributed by atoms with E-state index in [1.54, 1.807) is 35.2 Å². The van der Waals surface area contributed by atoms with Crippen molar-refractivity contribution in [3.05, 3.63) is 70.7 Å². The minimum Gasteiger partial charge on any atom is -0.348 e. The summed E-state index contributed by atoms with van der Waals surface area (Å²) >= 11 is 6.12. The number of hydrogen-bond donors (Lipinski definition) is 1. The molecule has 1 fully saturated rings. The lowest BCUT2D eigenvalue weighted by Gasteiger charge is -2.27. The Morgan fingerprint density at radius 1 is 1.15 bits per heavy atom. The lowest BCUT2D eigenvalue weighted by molar-refractivity contribution is -0.119. The summed E-state index contributed by atoms with van der Waals surface area (Å²) in [6.45, 7) is 0.865. The first-order valence-corrected chi connectivity index (χ1v) is 13.2. The van der Waals surface area contributed by atoms with Crippen molar-refractivity contribution < 1.29 is 18.0 Å². The molecule has 1 saturated heterocycles. The molecule has 2 amide bonds. The summed E-state index contributed by atoms with van der Waals surface area (Å²) in [5.41, 5.74) is 2.95. The number of nitrogens with one attached hydrogen (secondary N) is 1. The second kappa shape index (κ2) is 8.88. The van der Waals surface area contributed by atoms with Crippen LogP contribution in [-0.2, 0) is 27.7 Å². The fourth-order valence-electron chi connectivity index (χ4n) is 4.33. The number of benzene rings is 2. The minimum absolute atomic E-state index is 0.00862. The highest BCUT2D eigenvalue weighted by molar-refractivity contribution is 7.91. The standard InChI is InChI=1S/C24H23ClN4O4S/c25-19-3-1-2-18(12-19)21-13-22-28(23(30)8-10-29(22)27-21)14-16-4-6-17(7-5-16)24(31)26-20-9-11-34(32,33)15-20/h1-7,12-13,20H,8-11,14-15H2,(H,26,31). The number of anilines is 1. The van der Waals surface area contributed by atoms with Crippen LogP contribution in [0.4, 0.5) is 5.82 Å². The summed E-state index contributed by atoms with van der Waals surface area (Å²) in [5, 5.41) is 8.06. The van der Waals surface area contributed by atoms with Crippen LogP contribution in [0.5, 0.6) is 0 Å². The Bertz CT molecular complexity index is 1370. The molecule has 0 saturated carbocycles. The summed E-state index contributed by atoms with van der Waals surface area (Å²) in [6, 6.07) is 16.0. The molecule has 2 aliphatic heterocycles. The Morgan fingerprint density at radius 2 is 1.94 bits per heavy atom. The van der Waals surface area contributed by atoms with Crippen LogP contribution in [0.2, 0.25) is 5.02 Å². The molecule has 0 spiro atoms. The van der Waals surface area contributed by atoms with Gasteiger partial charge >= 0.3 is 0 Å². The van der Waals surface area contributed by atoms with Crippen LogP contribution in [0.15, 0.2) is 54.6 Å². The van der Waals surface area contributed by atoms with Crippen LogP contribution in [0.25, 0.3) is 11.3 Å². The number of hydrogen-bond acceptors (Lipinski definition) is 5. The number of aromatic nitrogens is 2. The van der Waals surface area contributed by atoms with Gasteiger partial charge in [-0.3, -0.25) is 14.5 Å². The predicted octanol–water partition coefficient (Wildman–Crippen LogP) is 3.06. The van der Waals surface area contributed by atoms with Crippen molar-refractivity contribution in [2.45, 2.75) is 32.0 Å². The van der Waals surface area contributed by atoms with E-state index in [0.29, 0.717) is 36.5 Å². The quantitative estimate of drug-likeness (QED) is 0.582. The molecular formula is C24H23ClN4O4S. The van der Waals surface area contributed by atoms with E-state index in [1.165, 1.54) is 0 Å². The second-order valence-electron chi connectivity index (χ2n) is 8.62. The number of sulfone groups is 1. The molecule has 1 aromatic heterocycles. The Morgan fingerprint density at radius 3 is 2.65 bits per heavy atom. The van der Waals surface area contributed by atoms with Crippen molar-refractivity contribution in [1.29, 1.82) is 0 Å². The van der Waals surface area contributed by atoms with Crippen molar-refractivity contribution in [3.8, 4) is 11.3 Å². The zero-order chi connectivity index (χ0) is 23.9. The molecule has 1 atom stereocenters. The summed E-state index contributed by atoms with van der Waals surface area (Å²) < 4.78 is 25.0. The molecule has 2 aromatic carbocycles. The van der Waals surface area contributed by atoms with Crippen LogP contribution in [0.1, 0.15) is 28.8 Å². The van der Waals surface area contributed by atoms with Gasteiger partial charge < -0.3 is 5.32 Å². The number of rotatable bonds is 5. The number of halogens is 1. The van der Waals surface area contributed by atoms with Gasteiger partial charge in [0.25, 0.3) is 5.91 Å². The monoisotopic (exact) mass is 498 g/mol. The number of nitrogens with zero attached hydrogens (tertiary/aromatic N) is 3. The molecular weight excluding hydrogens is 476 g/mol. The highest BCUT2D eigenvalue weighted by atomic mass is 35.5. The highest BCUT2D eigenvalue weighted by Crippen LogP contribution is 2.30. The molecule has 0 bridgehead atoms. The number of amides is 2. The summed E-state index contributed by atoms with van der Waals surface area (Å²) in [4.78, 5) is 26.9. The van der Waals surface area contributed by atoms with Gasteiger partial charge in [-0.1, -0.05) is 35.9 Å². The van der Waals surface area contributed by atoms with Crippen LogP contribution in [0.3, 0.4) is 0 Å². The lowest BCUT2D eigenvalue weighted by Crippen LogP contribution is -2.37. The fraction of sp³-hybridized carbons (Fsp3) is 0.292. The molecule has 1 unspecified atom stereocenters. The molecule has 3 heterocycles. The van der Waals surface area contributed by atoms with E-state index in [4.69, 9.17) is 11.6 Å². The molecule has 1 N–H and O–H groups in total. The van der Waals surface area contributed by atoms with Gasteiger partial charge in [0.05, 0.1) is 30.3 Å². The van der Waals surface area contributed by atoms with Crippen molar-refractivity contribution in [2.75, 3.05) is 16.4 Å². The van der Waals surface area contributed by atoms with Crippen LogP contribution >= 0.6 is 11.6 Å². The van der Waals surface area contributed by atoms with Crippen molar-refractivity contribution in [1.82, 2.24) is 15.1 Å². The third-order valence-electron chi connectivity index (χ3n) is 6.12. The zero-order valence-corrected chi connectivity index (χ0v) is 19.8. The largest absolute Gasteiger partial charge is 0.348 e. The van der Waals surface area contributed by atoms with Gasteiger partial charge in [0, 0.05) is 34.7 Å². The third kappa shape index (κ3) is 4.71. The first-order valence-electron chi connectivity index (χ1n) is 11.0. The van der Waals surface area contributed by atoms with Gasteiger partial charge in [-0.15, -0.1) is 0 Å². The van der Waals surface area contributed by atoms with Crippen LogP contribution < -0.4 is 10.2 Å². The normalized spacial score (nSPS) is 19.1. The van der Waals surface area contributed by atoms with E-state index in [9.17, 15) is 18.0 Å². The first kappa shape index (κ1) is 22.6. The molecule has 3 aromatic rings. The van der Waals surface area contributed by atoms with E-state index < -0.39 is 9.84 Å². The number of fused-ring (bicyclic) bond motifs is 1. The average molecular weight is 499 g/mol. The van der Waals surface area contributed by atoms with Crippen molar-refractivity contribution >= 4 is 39.1 Å². The Labute approximate surface area is 202 Å². The van der Waals surface area contributed by atoms with Crippen molar-refractivity contribution in [2.24, 2.45) is 0 Å². The molecule has 0 radical (unpaired) electrons. The molecule has 0 aliphatic carbocycles. The van der Waals surface area contributed by atoms with Gasteiger partial charge in [0.1, 0.15) is 5.82 Å². The summed E-state index contributed by atoms with van der Waals surface area (Å²) in [6.07, 6.45) is 0.794. The number of aryl methyl sites for hydroxylation is 1. The van der Waals surface area contributed by atoms with Crippen LogP contribution in [-0.4, -0.2) is 47.6 Å². The first-order chi connectivity index (χ1) is 16.3. The van der Waals surface area contributed by atoms with Crippen molar-refractivity contribution in [3.63, 3.8) is 0 Å². The minimum atomic E-state index is -3.06. The second-order valence-corrected chi connectivity index (χ2v) is 11.3. The topological polar surface area (TPSA) is 101 Å². The molecule has 8 nitrogen and oxygen atoms in total. The predicted molar refractivity (Wildman–Crippen MR) is 129 cm³/mol. The van der Waals surface area contributed by atoms with Gasteiger partial charge in [0.15, 0.2) is 9.84 Å². The SMILES string of the molecule is O=C(NC1CCS(=O)(=O)C1)c1ccc(CN2C(=O)CCn3nc(-c4cccc(Cl)c4)cc32)cc1. The van der Waals surface area contributed by atoms with E-state index in [0.717, 1.165) is 22.6 Å². The maximum Gasteiger partial charge on any atom is 0.251 e. The van der Waals surface area contributed by atoms with Gasteiger partial charge in [-0.05, 0) is 36.2 Å².